The molecule has 2 aliphatic rings. The minimum Gasteiger partial charge on any atom is -0.401 e. The Morgan fingerprint density at radius 3 is 2.59 bits per heavy atom. The van der Waals surface area contributed by atoms with E-state index < -0.39 is 22.4 Å². The van der Waals surface area contributed by atoms with Crippen LogP contribution in [0, 0.1) is 22.6 Å². The van der Waals surface area contributed by atoms with Crippen LogP contribution in [0.5, 0.6) is 0 Å². The maximum absolute atomic E-state index is 14.1. The van der Waals surface area contributed by atoms with Crippen molar-refractivity contribution in [1.82, 2.24) is 14.5 Å². The highest BCUT2D eigenvalue weighted by molar-refractivity contribution is 6.12. The Bertz CT molecular complexity index is 1260. The topological polar surface area (TPSA) is 125 Å². The summed E-state index contributed by atoms with van der Waals surface area (Å²) >= 11 is 0. The van der Waals surface area contributed by atoms with Gasteiger partial charge < -0.3 is 21.1 Å². The summed E-state index contributed by atoms with van der Waals surface area (Å²) in [7, 11) is 0. The van der Waals surface area contributed by atoms with Gasteiger partial charge in [-0.3, -0.25) is 14.2 Å². The number of hydrogen-bond acceptors (Lipinski definition) is 6. The van der Waals surface area contributed by atoms with Gasteiger partial charge in [0.05, 0.1) is 29.7 Å². The number of aromatic nitrogens is 2. The number of amides is 1. The van der Waals surface area contributed by atoms with E-state index in [0.29, 0.717) is 5.70 Å². The molecule has 2 heterocycles. The molecule has 1 aliphatic carbocycles. The Morgan fingerprint density at radius 1 is 1.27 bits per heavy atom. The second-order valence-electron chi connectivity index (χ2n) is 11.0. The lowest BCUT2D eigenvalue weighted by Gasteiger charge is -2.50. The van der Waals surface area contributed by atoms with E-state index >= 15 is 0 Å². The zero-order valence-electron chi connectivity index (χ0n) is 21.5. The fourth-order valence-electron chi connectivity index (χ4n) is 5.54. The van der Waals surface area contributed by atoms with Crippen molar-refractivity contribution < 1.29 is 14.3 Å². The summed E-state index contributed by atoms with van der Waals surface area (Å²) in [5.41, 5.74) is 5.11. The van der Waals surface area contributed by atoms with Crippen molar-refractivity contribution in [3.8, 4) is 11.3 Å². The van der Waals surface area contributed by atoms with E-state index in [1.807, 2.05) is 13.8 Å². The highest BCUT2D eigenvalue weighted by Crippen LogP contribution is 2.40. The van der Waals surface area contributed by atoms with Gasteiger partial charge in [0.1, 0.15) is 5.82 Å². The smallest absolute Gasteiger partial charge is 0.257 e. The Kier molecular flexibility index (Phi) is 7.64. The molecular weight excluding hydrogens is 473 g/mol. The first-order valence-corrected chi connectivity index (χ1v) is 12.9. The molecular formula is C28H36FN5O3. The molecule has 1 saturated heterocycles. The number of nitrogens with two attached hydrogens (primary N) is 1. The summed E-state index contributed by atoms with van der Waals surface area (Å²) in [4.78, 5) is 32.1. The van der Waals surface area contributed by atoms with Crippen LogP contribution in [0.2, 0.25) is 0 Å². The van der Waals surface area contributed by atoms with E-state index in [9.17, 15) is 19.1 Å². The number of halogens is 1. The predicted molar refractivity (Wildman–Crippen MR) is 140 cm³/mol. The first-order valence-electron chi connectivity index (χ1n) is 12.9. The number of nitrogens with one attached hydrogen (secondary N) is 1. The third-order valence-electron chi connectivity index (χ3n) is 8.12. The molecule has 1 saturated carbocycles. The Hall–Kier alpha value is -3.33. The zero-order valence-corrected chi connectivity index (χ0v) is 21.5. The average Bonchev–Trinajstić information content (AvgIpc) is 2.88. The number of rotatable bonds is 6. The first-order chi connectivity index (χ1) is 17.6. The lowest BCUT2D eigenvalue weighted by molar-refractivity contribution is -0.150. The van der Waals surface area contributed by atoms with Gasteiger partial charge in [-0.05, 0) is 37.3 Å². The number of carbonyl (C=O) groups is 1. The first kappa shape index (κ1) is 26.7. The van der Waals surface area contributed by atoms with Crippen LogP contribution in [0.4, 0.5) is 4.39 Å². The van der Waals surface area contributed by atoms with Crippen LogP contribution >= 0.6 is 0 Å². The number of piperidine rings is 1. The SMILES string of the molecule is CC1(C)CN(C(=O)C(C=N)=C(N)C2CCCCC2)CCC1(O)Cn1cnc(-c2ccccc2F)cc1=O. The Labute approximate surface area is 216 Å². The molecule has 1 atom stereocenters. The average molecular weight is 510 g/mol. The normalized spacial score (nSPS) is 22.9. The van der Waals surface area contributed by atoms with Gasteiger partial charge in [-0.15, -0.1) is 0 Å². The van der Waals surface area contributed by atoms with Crippen molar-refractivity contribution in [2.24, 2.45) is 17.1 Å². The molecule has 2 aromatic rings. The van der Waals surface area contributed by atoms with Gasteiger partial charge >= 0.3 is 0 Å². The highest BCUT2D eigenvalue weighted by Gasteiger charge is 2.49. The van der Waals surface area contributed by atoms with Crippen molar-refractivity contribution >= 4 is 12.1 Å². The maximum Gasteiger partial charge on any atom is 0.257 e. The number of benzene rings is 1. The van der Waals surface area contributed by atoms with E-state index in [2.05, 4.69) is 4.98 Å². The van der Waals surface area contributed by atoms with Gasteiger partial charge in [0.15, 0.2) is 0 Å². The molecule has 37 heavy (non-hydrogen) atoms. The molecule has 2 fully saturated rings. The van der Waals surface area contributed by atoms with E-state index in [0.717, 1.165) is 31.9 Å². The van der Waals surface area contributed by atoms with E-state index in [4.69, 9.17) is 11.1 Å². The molecule has 8 nitrogen and oxygen atoms in total. The molecule has 1 unspecified atom stereocenters. The lowest BCUT2D eigenvalue weighted by atomic mass is 9.69. The van der Waals surface area contributed by atoms with Crippen LogP contribution in [-0.2, 0) is 11.3 Å². The van der Waals surface area contributed by atoms with Gasteiger partial charge in [-0.1, -0.05) is 45.2 Å². The standard InChI is InChI=1S/C28H36FN5O3/c1-27(2)16-33(26(36)21(15-30)25(31)19-8-4-3-5-9-19)13-12-28(27,37)17-34-18-32-23(14-24(34)35)20-10-6-7-11-22(20)29/h6-7,10-11,14-15,18-19,30,37H,3-5,8-9,12-13,16-17,31H2,1-2H3. The summed E-state index contributed by atoms with van der Waals surface area (Å²) in [5, 5.41) is 19.5. The highest BCUT2D eigenvalue weighted by atomic mass is 19.1. The maximum atomic E-state index is 14.1. The zero-order chi connectivity index (χ0) is 26.8. The third kappa shape index (κ3) is 5.37. The largest absolute Gasteiger partial charge is 0.401 e. The van der Waals surface area contributed by atoms with Gasteiger partial charge in [0, 0.05) is 42.0 Å². The van der Waals surface area contributed by atoms with E-state index in [-0.39, 0.29) is 54.7 Å². The van der Waals surface area contributed by atoms with Crippen molar-refractivity contribution in [3.05, 3.63) is 64.1 Å². The van der Waals surface area contributed by atoms with Crippen molar-refractivity contribution in [2.45, 2.75) is 64.5 Å². The van der Waals surface area contributed by atoms with Gasteiger partial charge in [0.25, 0.3) is 11.5 Å². The second-order valence-corrected chi connectivity index (χ2v) is 11.0. The number of carbonyl (C=O) groups excluding carboxylic acids is 1. The summed E-state index contributed by atoms with van der Waals surface area (Å²) < 4.78 is 15.5. The van der Waals surface area contributed by atoms with Gasteiger partial charge in [-0.2, -0.15) is 0 Å². The van der Waals surface area contributed by atoms with Crippen LogP contribution in [0.15, 0.2) is 52.7 Å². The minimum atomic E-state index is -1.29. The van der Waals surface area contributed by atoms with Crippen molar-refractivity contribution in [3.63, 3.8) is 0 Å². The fraction of sp³-hybridized carbons (Fsp3) is 0.500. The molecule has 1 aliphatic heterocycles. The number of nitrogens with zero attached hydrogens (tertiary/aromatic N) is 3. The number of aliphatic hydroxyl groups is 1. The van der Waals surface area contributed by atoms with Crippen molar-refractivity contribution in [1.29, 1.82) is 5.41 Å². The molecule has 0 bridgehead atoms. The third-order valence-corrected chi connectivity index (χ3v) is 8.12. The lowest BCUT2D eigenvalue weighted by Crippen LogP contribution is -2.61. The molecule has 4 rings (SSSR count). The second kappa shape index (κ2) is 10.6. The van der Waals surface area contributed by atoms with Crippen molar-refractivity contribution in [2.75, 3.05) is 13.1 Å². The van der Waals surface area contributed by atoms with Gasteiger partial charge in [0.2, 0.25) is 0 Å². The monoisotopic (exact) mass is 509 g/mol. The van der Waals surface area contributed by atoms with E-state index in [1.54, 1.807) is 23.1 Å². The van der Waals surface area contributed by atoms with Crippen LogP contribution in [0.3, 0.4) is 0 Å². The predicted octanol–water partition coefficient (Wildman–Crippen LogP) is 3.48. The van der Waals surface area contributed by atoms with Crippen LogP contribution in [-0.4, -0.2) is 50.4 Å². The summed E-state index contributed by atoms with van der Waals surface area (Å²) in [6.45, 7) is 4.22. The summed E-state index contributed by atoms with van der Waals surface area (Å²) in [6.07, 6.45) is 7.80. The molecule has 1 aromatic heterocycles. The Balaban J connectivity index is 1.51. The molecule has 198 valence electrons. The van der Waals surface area contributed by atoms with Crippen LogP contribution in [0.1, 0.15) is 52.4 Å². The molecule has 9 heteroatoms. The molecule has 1 aromatic carbocycles. The number of allylic oxidation sites excluding steroid dienone is 1. The fourth-order valence-corrected chi connectivity index (χ4v) is 5.54. The summed E-state index contributed by atoms with van der Waals surface area (Å²) in [6, 6.07) is 7.38. The number of hydrogen-bond donors (Lipinski definition) is 3. The molecule has 0 spiro atoms. The van der Waals surface area contributed by atoms with Crippen LogP contribution < -0.4 is 11.3 Å². The van der Waals surface area contributed by atoms with E-state index in [1.165, 1.54) is 29.4 Å². The number of likely N-dealkylation sites (tertiary alicyclic amines) is 1. The van der Waals surface area contributed by atoms with Crippen LogP contribution in [0.25, 0.3) is 11.3 Å². The minimum absolute atomic E-state index is 0.0110. The Morgan fingerprint density at radius 2 is 1.97 bits per heavy atom. The molecule has 0 radical (unpaired) electrons. The molecule has 1 amide bonds. The summed E-state index contributed by atoms with van der Waals surface area (Å²) in [5.74, 6) is -0.636. The molecule has 4 N–H and O–H groups in total. The quantitative estimate of drug-likeness (QED) is 0.406. The van der Waals surface area contributed by atoms with Gasteiger partial charge in [-0.25, -0.2) is 9.37 Å².